The molecule has 1 aromatic rings. The fourth-order valence-electron chi connectivity index (χ4n) is 3.19. The Hall–Kier alpha value is -1.67. The van der Waals surface area contributed by atoms with Gasteiger partial charge in [0, 0.05) is 12.6 Å². The second-order valence-electron chi connectivity index (χ2n) is 6.10. The van der Waals surface area contributed by atoms with E-state index in [0.29, 0.717) is 6.61 Å². The first-order valence-corrected chi connectivity index (χ1v) is 8.05. The molecule has 2 aliphatic heterocycles. The van der Waals surface area contributed by atoms with Crippen LogP contribution in [0, 0.1) is 5.92 Å². The quantitative estimate of drug-likeness (QED) is 0.356. The largest absolute Gasteiger partial charge is 0.491 e. The minimum Gasteiger partial charge on any atom is -0.491 e. The van der Waals surface area contributed by atoms with E-state index in [1.165, 1.54) is 0 Å². The number of amides is 1. The van der Waals surface area contributed by atoms with Crippen LogP contribution in [0.4, 0.5) is 0 Å². The summed E-state index contributed by atoms with van der Waals surface area (Å²) >= 11 is 0. The molecule has 2 heterocycles. The topological polar surface area (TPSA) is 97.6 Å². The van der Waals surface area contributed by atoms with Crippen molar-refractivity contribution in [3.63, 3.8) is 0 Å². The minimum absolute atomic E-state index is 0.000933. The van der Waals surface area contributed by atoms with E-state index in [1.54, 1.807) is 0 Å². The van der Waals surface area contributed by atoms with Crippen molar-refractivity contribution < 1.29 is 14.3 Å². The lowest BCUT2D eigenvalue weighted by Crippen LogP contribution is -2.41. The summed E-state index contributed by atoms with van der Waals surface area (Å²) in [4.78, 5) is 12.0. The van der Waals surface area contributed by atoms with Gasteiger partial charge in [-0.3, -0.25) is 15.6 Å². The molecular weight excluding hydrogens is 296 g/mol. The fraction of sp³-hybridized carbons (Fsp3) is 0.562. The number of ether oxygens (including phenoxy) is 2. The van der Waals surface area contributed by atoms with Crippen LogP contribution in [0.1, 0.15) is 31.4 Å². The van der Waals surface area contributed by atoms with E-state index in [-0.39, 0.29) is 30.0 Å². The van der Waals surface area contributed by atoms with Gasteiger partial charge in [0.05, 0.1) is 18.1 Å². The molecule has 0 bridgehead atoms. The van der Waals surface area contributed by atoms with Crippen LogP contribution in [0.5, 0.6) is 5.75 Å². The molecule has 7 heteroatoms. The highest BCUT2D eigenvalue weighted by Crippen LogP contribution is 2.30. The van der Waals surface area contributed by atoms with Crippen molar-refractivity contribution in [1.29, 1.82) is 0 Å². The molecule has 2 fully saturated rings. The normalized spacial score (nSPS) is 30.3. The van der Waals surface area contributed by atoms with Crippen molar-refractivity contribution in [3.05, 3.63) is 29.8 Å². The van der Waals surface area contributed by atoms with Gasteiger partial charge in [-0.15, -0.1) is 0 Å². The second-order valence-corrected chi connectivity index (χ2v) is 6.10. The molecule has 126 valence electrons. The Labute approximate surface area is 135 Å². The minimum atomic E-state index is -0.265. The van der Waals surface area contributed by atoms with Crippen LogP contribution in [0.15, 0.2) is 24.3 Å². The van der Waals surface area contributed by atoms with Crippen molar-refractivity contribution in [2.75, 3.05) is 13.2 Å². The van der Waals surface area contributed by atoms with E-state index in [0.717, 1.165) is 30.8 Å². The molecule has 7 nitrogen and oxygen atoms in total. The molecule has 4 unspecified atom stereocenters. The van der Waals surface area contributed by atoms with Gasteiger partial charge >= 0.3 is 0 Å². The summed E-state index contributed by atoms with van der Waals surface area (Å²) in [6.07, 6.45) is 2.37. The van der Waals surface area contributed by atoms with Gasteiger partial charge in [0.1, 0.15) is 12.4 Å². The van der Waals surface area contributed by atoms with Gasteiger partial charge in [0.15, 0.2) is 0 Å². The molecule has 0 aliphatic carbocycles. The lowest BCUT2D eigenvalue weighted by Gasteiger charge is -2.20. The SMILES string of the molecule is CC1NNC(c2ccc(OCC3CCCO3)cc2)C1C(=O)NN. The molecule has 0 saturated carbocycles. The standard InChI is InChI=1S/C16H24N4O3/c1-10-14(16(21)18-17)15(20-19-10)11-4-6-12(7-5-11)23-9-13-3-2-8-22-13/h4-7,10,13-15,19-20H,2-3,8-9,17H2,1H3,(H,18,21). The van der Waals surface area contributed by atoms with E-state index in [2.05, 4.69) is 16.3 Å². The van der Waals surface area contributed by atoms with Crippen LogP contribution in [0.2, 0.25) is 0 Å². The average Bonchev–Trinajstić information content (AvgIpc) is 3.22. The van der Waals surface area contributed by atoms with Gasteiger partial charge in [0.25, 0.3) is 0 Å². The monoisotopic (exact) mass is 320 g/mol. The lowest BCUT2D eigenvalue weighted by molar-refractivity contribution is -0.125. The summed E-state index contributed by atoms with van der Waals surface area (Å²) in [6.45, 7) is 3.36. The fourth-order valence-corrected chi connectivity index (χ4v) is 3.19. The summed E-state index contributed by atoms with van der Waals surface area (Å²) in [5, 5.41) is 0. The highest BCUT2D eigenvalue weighted by molar-refractivity contribution is 5.80. The highest BCUT2D eigenvalue weighted by Gasteiger charge is 2.39. The van der Waals surface area contributed by atoms with E-state index < -0.39 is 0 Å². The van der Waals surface area contributed by atoms with Crippen LogP contribution in [-0.4, -0.2) is 31.3 Å². The predicted molar refractivity (Wildman–Crippen MR) is 85.2 cm³/mol. The summed E-state index contributed by atoms with van der Waals surface area (Å²) < 4.78 is 11.3. The Bertz CT molecular complexity index is 531. The van der Waals surface area contributed by atoms with E-state index >= 15 is 0 Å². The van der Waals surface area contributed by atoms with E-state index in [4.69, 9.17) is 15.3 Å². The third-order valence-corrected chi connectivity index (χ3v) is 4.51. The lowest BCUT2D eigenvalue weighted by atomic mass is 9.89. The van der Waals surface area contributed by atoms with E-state index in [9.17, 15) is 4.79 Å². The van der Waals surface area contributed by atoms with Gasteiger partial charge in [-0.2, -0.15) is 0 Å². The van der Waals surface area contributed by atoms with Crippen LogP contribution in [0.25, 0.3) is 0 Å². The number of nitrogens with one attached hydrogen (secondary N) is 3. The summed E-state index contributed by atoms with van der Waals surface area (Å²) in [6, 6.07) is 7.66. The highest BCUT2D eigenvalue weighted by atomic mass is 16.5. The van der Waals surface area contributed by atoms with Crippen LogP contribution in [-0.2, 0) is 9.53 Å². The van der Waals surface area contributed by atoms with Crippen LogP contribution in [0.3, 0.4) is 0 Å². The van der Waals surface area contributed by atoms with Crippen molar-refractivity contribution in [3.8, 4) is 5.75 Å². The maximum atomic E-state index is 12.0. The number of hydrogen-bond acceptors (Lipinski definition) is 6. The molecular formula is C16H24N4O3. The second kappa shape index (κ2) is 7.27. The number of hydrazine groups is 2. The molecule has 2 aliphatic rings. The van der Waals surface area contributed by atoms with E-state index in [1.807, 2.05) is 31.2 Å². The van der Waals surface area contributed by atoms with Gasteiger partial charge < -0.3 is 9.47 Å². The Kier molecular flexibility index (Phi) is 5.12. The number of carbonyl (C=O) groups is 1. The molecule has 0 spiro atoms. The molecule has 5 N–H and O–H groups in total. The number of rotatable bonds is 5. The van der Waals surface area contributed by atoms with Crippen molar-refractivity contribution in [2.45, 2.75) is 38.0 Å². The summed E-state index contributed by atoms with van der Waals surface area (Å²) in [5.41, 5.74) is 9.51. The molecule has 4 atom stereocenters. The Balaban J connectivity index is 1.62. The summed E-state index contributed by atoms with van der Waals surface area (Å²) in [5.74, 6) is 5.65. The maximum Gasteiger partial charge on any atom is 0.240 e. The zero-order valence-corrected chi connectivity index (χ0v) is 13.2. The van der Waals surface area contributed by atoms with Crippen LogP contribution >= 0.6 is 0 Å². The van der Waals surface area contributed by atoms with Gasteiger partial charge in [0.2, 0.25) is 5.91 Å². The van der Waals surface area contributed by atoms with Gasteiger partial charge in [-0.25, -0.2) is 11.3 Å². The van der Waals surface area contributed by atoms with Gasteiger partial charge in [-0.1, -0.05) is 12.1 Å². The molecule has 0 radical (unpaired) electrons. The molecule has 23 heavy (non-hydrogen) atoms. The Morgan fingerprint density at radius 3 is 2.83 bits per heavy atom. The molecule has 1 amide bonds. The number of hydrogen-bond donors (Lipinski definition) is 4. The maximum absolute atomic E-state index is 12.0. The van der Waals surface area contributed by atoms with Gasteiger partial charge in [-0.05, 0) is 37.5 Å². The average molecular weight is 320 g/mol. The predicted octanol–water partition coefficient (Wildman–Crippen LogP) is 0.388. The van der Waals surface area contributed by atoms with Crippen molar-refractivity contribution in [1.82, 2.24) is 16.3 Å². The van der Waals surface area contributed by atoms with Crippen molar-refractivity contribution in [2.24, 2.45) is 11.8 Å². The summed E-state index contributed by atoms with van der Waals surface area (Å²) in [7, 11) is 0. The smallest absolute Gasteiger partial charge is 0.240 e. The Morgan fingerprint density at radius 1 is 1.39 bits per heavy atom. The third kappa shape index (κ3) is 3.64. The Morgan fingerprint density at radius 2 is 2.17 bits per heavy atom. The number of carbonyl (C=O) groups excluding carboxylic acids is 1. The molecule has 3 rings (SSSR count). The molecule has 1 aromatic carbocycles. The zero-order chi connectivity index (χ0) is 16.2. The zero-order valence-electron chi connectivity index (χ0n) is 13.2. The number of benzene rings is 1. The number of nitrogens with two attached hydrogens (primary N) is 1. The van der Waals surface area contributed by atoms with Crippen LogP contribution < -0.4 is 26.9 Å². The third-order valence-electron chi connectivity index (χ3n) is 4.51. The first-order chi connectivity index (χ1) is 11.2. The first kappa shape index (κ1) is 16.2. The molecule has 0 aromatic heterocycles. The molecule has 2 saturated heterocycles. The first-order valence-electron chi connectivity index (χ1n) is 8.05. The van der Waals surface area contributed by atoms with Crippen molar-refractivity contribution >= 4 is 5.91 Å².